The van der Waals surface area contributed by atoms with Crippen molar-refractivity contribution >= 4 is 11.0 Å². The first-order chi connectivity index (χ1) is 10.2. The Morgan fingerprint density at radius 1 is 1.24 bits per heavy atom. The summed E-state index contributed by atoms with van der Waals surface area (Å²) < 4.78 is 5.70. The van der Waals surface area contributed by atoms with Gasteiger partial charge in [0, 0.05) is 23.5 Å². The third-order valence-corrected chi connectivity index (χ3v) is 5.15. The van der Waals surface area contributed by atoms with Crippen molar-refractivity contribution in [2.24, 2.45) is 11.7 Å². The smallest absolute Gasteiger partial charge is 0.134 e. The van der Waals surface area contributed by atoms with Crippen molar-refractivity contribution in [3.63, 3.8) is 0 Å². The van der Waals surface area contributed by atoms with E-state index in [1.165, 1.54) is 36.6 Å². The number of fused-ring (bicyclic) bond motifs is 1. The van der Waals surface area contributed by atoms with Gasteiger partial charge in [0.15, 0.2) is 0 Å². The summed E-state index contributed by atoms with van der Waals surface area (Å²) in [6.07, 6.45) is 7.12. The van der Waals surface area contributed by atoms with Crippen LogP contribution in [0, 0.1) is 5.92 Å². The van der Waals surface area contributed by atoms with Gasteiger partial charge in [0.25, 0.3) is 0 Å². The van der Waals surface area contributed by atoms with Gasteiger partial charge in [0.2, 0.25) is 0 Å². The zero-order chi connectivity index (χ0) is 14.8. The molecule has 1 fully saturated rings. The van der Waals surface area contributed by atoms with Crippen LogP contribution in [0.15, 0.2) is 34.9 Å². The van der Waals surface area contributed by atoms with Gasteiger partial charge in [-0.15, -0.1) is 0 Å². The molecule has 1 aromatic carbocycles. The molecular weight excluding hydrogens is 260 g/mol. The summed E-state index contributed by atoms with van der Waals surface area (Å²) in [5.74, 6) is 0.876. The first kappa shape index (κ1) is 14.6. The largest absolute Gasteiger partial charge is 0.464 e. The molecule has 0 bridgehead atoms. The highest BCUT2D eigenvalue weighted by atomic mass is 16.3. The molecule has 0 radical (unpaired) electrons. The van der Waals surface area contributed by atoms with Gasteiger partial charge in [-0.3, -0.25) is 4.90 Å². The fraction of sp³-hybridized carbons (Fsp3) is 0.556. The van der Waals surface area contributed by atoms with Crippen LogP contribution in [0.3, 0.4) is 0 Å². The van der Waals surface area contributed by atoms with Crippen LogP contribution in [0.25, 0.3) is 11.0 Å². The second-order valence-electron chi connectivity index (χ2n) is 6.52. The Morgan fingerprint density at radius 3 is 2.67 bits per heavy atom. The van der Waals surface area contributed by atoms with Crippen LogP contribution in [0.5, 0.6) is 0 Å². The van der Waals surface area contributed by atoms with Gasteiger partial charge < -0.3 is 10.2 Å². The Hall–Kier alpha value is -1.32. The topological polar surface area (TPSA) is 42.4 Å². The highest BCUT2D eigenvalue weighted by molar-refractivity contribution is 5.81. The Morgan fingerprint density at radius 2 is 1.95 bits per heavy atom. The van der Waals surface area contributed by atoms with Gasteiger partial charge >= 0.3 is 0 Å². The summed E-state index contributed by atoms with van der Waals surface area (Å²) in [6, 6.07) is 9.12. The summed E-state index contributed by atoms with van der Waals surface area (Å²) in [6.45, 7) is 2.99. The molecule has 1 saturated carbocycles. The van der Waals surface area contributed by atoms with Crippen molar-refractivity contribution in [2.75, 3.05) is 13.6 Å². The number of para-hydroxylation sites is 1. The van der Waals surface area contributed by atoms with E-state index in [0.717, 1.165) is 11.5 Å². The lowest BCUT2D eigenvalue weighted by Gasteiger charge is -2.38. The average molecular weight is 286 g/mol. The number of hydrogen-bond donors (Lipinski definition) is 1. The second kappa shape index (κ2) is 6.20. The molecule has 1 atom stereocenters. The molecule has 2 aromatic rings. The summed E-state index contributed by atoms with van der Waals surface area (Å²) in [7, 11) is 2.22. The number of furan rings is 1. The minimum atomic E-state index is 0.243. The Balaban J connectivity index is 1.84. The highest BCUT2D eigenvalue weighted by Crippen LogP contribution is 2.34. The molecule has 3 heteroatoms. The van der Waals surface area contributed by atoms with E-state index in [9.17, 15) is 0 Å². The van der Waals surface area contributed by atoms with E-state index in [1.807, 2.05) is 18.4 Å². The summed E-state index contributed by atoms with van der Waals surface area (Å²) >= 11 is 0. The number of nitrogens with zero attached hydrogens (tertiary/aromatic N) is 1. The third kappa shape index (κ3) is 2.85. The zero-order valence-corrected chi connectivity index (χ0v) is 13.1. The van der Waals surface area contributed by atoms with Gasteiger partial charge in [-0.2, -0.15) is 0 Å². The number of nitrogens with two attached hydrogens (primary N) is 1. The van der Waals surface area contributed by atoms with Gasteiger partial charge in [-0.25, -0.2) is 0 Å². The van der Waals surface area contributed by atoms with Crippen LogP contribution in [-0.2, 0) is 0 Å². The van der Waals surface area contributed by atoms with Crippen molar-refractivity contribution in [3.05, 3.63) is 36.1 Å². The van der Waals surface area contributed by atoms with Crippen molar-refractivity contribution in [3.8, 4) is 0 Å². The van der Waals surface area contributed by atoms with Crippen molar-refractivity contribution in [2.45, 2.75) is 44.7 Å². The minimum absolute atomic E-state index is 0.243. The van der Waals surface area contributed by atoms with Crippen LogP contribution in [0.2, 0.25) is 0 Å². The SMILES string of the molecule is CC1CCC(N(C)C(CN)c2coc3ccccc23)CC1. The molecule has 0 aliphatic heterocycles. The Labute approximate surface area is 127 Å². The van der Waals surface area contributed by atoms with Gasteiger partial charge in [0.05, 0.1) is 12.3 Å². The first-order valence-corrected chi connectivity index (χ1v) is 8.08. The molecule has 3 rings (SSSR count). The van der Waals surface area contributed by atoms with E-state index in [0.29, 0.717) is 12.6 Å². The van der Waals surface area contributed by atoms with Crippen molar-refractivity contribution in [1.82, 2.24) is 4.90 Å². The molecule has 0 spiro atoms. The fourth-order valence-corrected chi connectivity index (χ4v) is 3.67. The Bertz CT molecular complexity index is 584. The van der Waals surface area contributed by atoms with Crippen LogP contribution < -0.4 is 5.73 Å². The molecule has 114 valence electrons. The molecule has 0 amide bonds. The lowest BCUT2D eigenvalue weighted by Crippen LogP contribution is -2.40. The van der Waals surface area contributed by atoms with E-state index in [4.69, 9.17) is 10.2 Å². The van der Waals surface area contributed by atoms with Crippen LogP contribution in [-0.4, -0.2) is 24.5 Å². The molecular formula is C18H26N2O. The minimum Gasteiger partial charge on any atom is -0.464 e. The summed E-state index contributed by atoms with van der Waals surface area (Å²) in [5, 5.41) is 1.20. The van der Waals surface area contributed by atoms with Crippen molar-refractivity contribution in [1.29, 1.82) is 0 Å². The van der Waals surface area contributed by atoms with E-state index >= 15 is 0 Å². The summed E-state index contributed by atoms with van der Waals surface area (Å²) in [5.41, 5.74) is 8.29. The van der Waals surface area contributed by atoms with E-state index in [2.05, 4.69) is 31.0 Å². The maximum Gasteiger partial charge on any atom is 0.134 e. The summed E-state index contributed by atoms with van der Waals surface area (Å²) in [4.78, 5) is 2.48. The van der Waals surface area contributed by atoms with Gasteiger partial charge in [0.1, 0.15) is 5.58 Å². The molecule has 1 aromatic heterocycles. The fourth-order valence-electron chi connectivity index (χ4n) is 3.67. The third-order valence-electron chi connectivity index (χ3n) is 5.15. The molecule has 2 N–H and O–H groups in total. The molecule has 1 aliphatic rings. The first-order valence-electron chi connectivity index (χ1n) is 8.08. The van der Waals surface area contributed by atoms with E-state index in [1.54, 1.807) is 0 Å². The molecule has 1 aliphatic carbocycles. The Kier molecular flexibility index (Phi) is 4.32. The predicted octanol–water partition coefficient (Wildman–Crippen LogP) is 3.94. The van der Waals surface area contributed by atoms with E-state index in [-0.39, 0.29) is 6.04 Å². The van der Waals surface area contributed by atoms with Crippen LogP contribution >= 0.6 is 0 Å². The predicted molar refractivity (Wildman–Crippen MR) is 87.2 cm³/mol. The normalized spacial score (nSPS) is 24.6. The van der Waals surface area contributed by atoms with Crippen molar-refractivity contribution < 1.29 is 4.42 Å². The second-order valence-corrected chi connectivity index (χ2v) is 6.52. The van der Waals surface area contributed by atoms with Crippen LogP contribution in [0.1, 0.15) is 44.2 Å². The molecule has 21 heavy (non-hydrogen) atoms. The lowest BCUT2D eigenvalue weighted by atomic mass is 9.86. The quantitative estimate of drug-likeness (QED) is 0.925. The standard InChI is InChI=1S/C18H26N2O/c1-13-7-9-14(10-8-13)20(2)17(11-19)16-12-21-18-6-4-3-5-15(16)18/h3-6,12-14,17H,7-11,19H2,1-2H3. The monoisotopic (exact) mass is 286 g/mol. The molecule has 1 unspecified atom stereocenters. The van der Waals surface area contributed by atoms with Crippen LogP contribution in [0.4, 0.5) is 0 Å². The maximum atomic E-state index is 6.11. The van der Waals surface area contributed by atoms with Gasteiger partial charge in [-0.05, 0) is 44.7 Å². The zero-order valence-electron chi connectivity index (χ0n) is 13.1. The highest BCUT2D eigenvalue weighted by Gasteiger charge is 2.28. The van der Waals surface area contributed by atoms with E-state index < -0.39 is 0 Å². The van der Waals surface area contributed by atoms with Gasteiger partial charge in [-0.1, -0.05) is 25.1 Å². The lowest BCUT2D eigenvalue weighted by molar-refractivity contribution is 0.126. The number of hydrogen-bond acceptors (Lipinski definition) is 3. The number of benzene rings is 1. The average Bonchev–Trinajstić information content (AvgIpc) is 2.93. The number of rotatable bonds is 4. The molecule has 1 heterocycles. The number of likely N-dealkylation sites (N-methyl/N-ethyl adjacent to an activating group) is 1. The molecule has 3 nitrogen and oxygen atoms in total. The maximum absolute atomic E-state index is 6.11. The molecule has 0 saturated heterocycles.